The number of aliphatic imine (C=N–C) groups is 2. The summed E-state index contributed by atoms with van der Waals surface area (Å²) in [7, 11) is 0. The number of nitrogens with zero attached hydrogens (tertiary/aromatic N) is 2. The van der Waals surface area contributed by atoms with Crippen LogP contribution in [0, 0.1) is 17.5 Å². The van der Waals surface area contributed by atoms with Crippen LogP contribution < -0.4 is 20.1 Å². The van der Waals surface area contributed by atoms with E-state index in [1.54, 1.807) is 30.3 Å². The monoisotopic (exact) mass is 480 g/mol. The molecule has 0 spiro atoms. The number of hydrogen-bond acceptors (Lipinski definition) is 6. The molecule has 0 unspecified atom stereocenters. The quantitative estimate of drug-likeness (QED) is 0.512. The number of hydrogen-bond donors (Lipinski definition) is 2. The summed E-state index contributed by atoms with van der Waals surface area (Å²) in [5.74, 6) is -0.545. The van der Waals surface area contributed by atoms with Crippen LogP contribution in [0.3, 0.4) is 0 Å². The molecule has 2 aliphatic rings. The molecule has 0 bridgehead atoms. The molecule has 5 rings (SSSR count). The second-order valence-electron chi connectivity index (χ2n) is 8.07. The van der Waals surface area contributed by atoms with Gasteiger partial charge in [-0.05, 0) is 24.3 Å². The van der Waals surface area contributed by atoms with Crippen molar-refractivity contribution in [2.24, 2.45) is 9.98 Å². The summed E-state index contributed by atoms with van der Waals surface area (Å²) in [5, 5.41) is 6.18. The molecule has 35 heavy (non-hydrogen) atoms. The standard InChI is InChI=1S/C26H23F3N4O2/c27-20-12-16(25-30-8-9-31-25)4-6-18(20)14-34-22-2-1-3-23(24(22)29)35-15-19-7-5-17(13-21(19)28)26-32-10-11-33-26/h1-7,12-13H,8-11,14-15H2,(H,30,31)(H,32,33). The summed E-state index contributed by atoms with van der Waals surface area (Å²) >= 11 is 0. The van der Waals surface area contributed by atoms with Gasteiger partial charge in [0.25, 0.3) is 0 Å². The predicted molar refractivity (Wildman–Crippen MR) is 127 cm³/mol. The molecular formula is C26H23F3N4O2. The maximum Gasteiger partial charge on any atom is 0.206 e. The first-order chi connectivity index (χ1) is 17.1. The highest BCUT2D eigenvalue weighted by Crippen LogP contribution is 2.28. The van der Waals surface area contributed by atoms with Crippen molar-refractivity contribution < 1.29 is 22.6 Å². The van der Waals surface area contributed by atoms with Gasteiger partial charge in [-0.1, -0.05) is 30.3 Å². The Morgan fingerprint density at radius 1 is 0.686 bits per heavy atom. The first kappa shape index (κ1) is 22.8. The Morgan fingerprint density at radius 3 is 1.57 bits per heavy atom. The highest BCUT2D eigenvalue weighted by atomic mass is 19.1. The summed E-state index contributed by atoms with van der Waals surface area (Å²) in [5.41, 5.74) is 1.86. The third-order valence-corrected chi connectivity index (χ3v) is 5.70. The molecule has 0 radical (unpaired) electrons. The van der Waals surface area contributed by atoms with Gasteiger partial charge in [0.2, 0.25) is 5.82 Å². The minimum atomic E-state index is -0.740. The lowest BCUT2D eigenvalue weighted by atomic mass is 10.1. The van der Waals surface area contributed by atoms with Crippen molar-refractivity contribution in [2.75, 3.05) is 26.2 Å². The van der Waals surface area contributed by atoms with Crippen molar-refractivity contribution in [1.29, 1.82) is 0 Å². The summed E-state index contributed by atoms with van der Waals surface area (Å²) in [4.78, 5) is 8.54. The highest BCUT2D eigenvalue weighted by Gasteiger charge is 2.16. The summed E-state index contributed by atoms with van der Waals surface area (Å²) in [6, 6.07) is 13.8. The molecule has 0 fully saturated rings. The Hall–Kier alpha value is -4.01. The fourth-order valence-corrected chi connectivity index (χ4v) is 3.83. The fourth-order valence-electron chi connectivity index (χ4n) is 3.83. The van der Waals surface area contributed by atoms with Crippen LogP contribution in [-0.2, 0) is 13.2 Å². The molecule has 0 atom stereocenters. The number of halogens is 3. The van der Waals surface area contributed by atoms with Gasteiger partial charge in [-0.3, -0.25) is 9.98 Å². The van der Waals surface area contributed by atoms with E-state index in [2.05, 4.69) is 20.6 Å². The van der Waals surface area contributed by atoms with Crippen LogP contribution >= 0.6 is 0 Å². The maximum atomic E-state index is 14.9. The maximum absolute atomic E-state index is 14.9. The van der Waals surface area contributed by atoms with E-state index in [1.165, 1.54) is 24.3 Å². The van der Waals surface area contributed by atoms with Gasteiger partial charge in [-0.15, -0.1) is 0 Å². The van der Waals surface area contributed by atoms with Gasteiger partial charge in [0.1, 0.15) is 36.5 Å². The average Bonchev–Trinajstić information content (AvgIpc) is 3.59. The van der Waals surface area contributed by atoms with Gasteiger partial charge >= 0.3 is 0 Å². The zero-order valence-electron chi connectivity index (χ0n) is 18.8. The summed E-state index contributed by atoms with van der Waals surface area (Å²) < 4.78 is 55.0. The second-order valence-corrected chi connectivity index (χ2v) is 8.07. The van der Waals surface area contributed by atoms with E-state index in [-0.39, 0.29) is 35.8 Å². The van der Waals surface area contributed by atoms with Gasteiger partial charge in [0.05, 0.1) is 13.1 Å². The largest absolute Gasteiger partial charge is 0.486 e. The van der Waals surface area contributed by atoms with Crippen LogP contribution in [0.25, 0.3) is 0 Å². The number of amidine groups is 2. The van der Waals surface area contributed by atoms with E-state index >= 15 is 0 Å². The Balaban J connectivity index is 1.23. The van der Waals surface area contributed by atoms with E-state index in [0.717, 1.165) is 13.1 Å². The fraction of sp³-hybridized carbons (Fsp3) is 0.231. The highest BCUT2D eigenvalue weighted by molar-refractivity contribution is 6.00. The molecule has 9 heteroatoms. The van der Waals surface area contributed by atoms with Crippen LogP contribution in [0.15, 0.2) is 64.6 Å². The van der Waals surface area contributed by atoms with Crippen molar-refractivity contribution in [3.8, 4) is 11.5 Å². The molecular weight excluding hydrogens is 457 g/mol. The molecule has 2 N–H and O–H groups in total. The zero-order chi connectivity index (χ0) is 24.2. The molecule has 2 aliphatic heterocycles. The van der Waals surface area contributed by atoms with E-state index < -0.39 is 17.5 Å². The number of rotatable bonds is 8. The Bertz CT molecular complexity index is 1210. The van der Waals surface area contributed by atoms with Crippen molar-refractivity contribution >= 4 is 11.7 Å². The lowest BCUT2D eigenvalue weighted by Crippen LogP contribution is -2.19. The van der Waals surface area contributed by atoms with Crippen molar-refractivity contribution in [1.82, 2.24) is 10.6 Å². The van der Waals surface area contributed by atoms with Crippen molar-refractivity contribution in [3.05, 3.63) is 94.3 Å². The van der Waals surface area contributed by atoms with Gasteiger partial charge in [0.15, 0.2) is 11.5 Å². The number of nitrogens with one attached hydrogen (secondary N) is 2. The minimum Gasteiger partial charge on any atom is -0.486 e. The smallest absolute Gasteiger partial charge is 0.206 e. The van der Waals surface area contributed by atoms with Gasteiger partial charge in [-0.2, -0.15) is 4.39 Å². The number of benzene rings is 3. The summed E-state index contributed by atoms with van der Waals surface area (Å²) in [6.45, 7) is 2.44. The molecule has 0 aromatic heterocycles. The summed E-state index contributed by atoms with van der Waals surface area (Å²) in [6.07, 6.45) is 0. The predicted octanol–water partition coefficient (Wildman–Crippen LogP) is 3.96. The van der Waals surface area contributed by atoms with E-state index in [1.807, 2.05) is 0 Å². The molecule has 3 aromatic carbocycles. The third kappa shape index (κ3) is 5.08. The lowest BCUT2D eigenvalue weighted by Gasteiger charge is -2.13. The molecule has 0 amide bonds. The second kappa shape index (κ2) is 10.1. The van der Waals surface area contributed by atoms with E-state index in [0.29, 0.717) is 35.9 Å². The van der Waals surface area contributed by atoms with E-state index in [4.69, 9.17) is 9.47 Å². The Labute approximate surface area is 200 Å². The van der Waals surface area contributed by atoms with Crippen LogP contribution in [0.2, 0.25) is 0 Å². The van der Waals surface area contributed by atoms with Crippen LogP contribution in [0.5, 0.6) is 11.5 Å². The van der Waals surface area contributed by atoms with Crippen molar-refractivity contribution in [2.45, 2.75) is 13.2 Å². The van der Waals surface area contributed by atoms with Crippen LogP contribution in [0.1, 0.15) is 22.3 Å². The number of ether oxygens (including phenoxy) is 2. The molecule has 0 saturated heterocycles. The molecule has 0 aliphatic carbocycles. The SMILES string of the molecule is Fc1cc(C2=NCCN2)ccc1COc1cccc(OCc2ccc(C3=NCCN3)cc2F)c1F. The Kier molecular flexibility index (Phi) is 6.56. The molecule has 6 nitrogen and oxygen atoms in total. The lowest BCUT2D eigenvalue weighted by molar-refractivity contribution is 0.258. The molecule has 2 heterocycles. The van der Waals surface area contributed by atoms with Crippen LogP contribution in [-0.4, -0.2) is 37.9 Å². The van der Waals surface area contributed by atoms with Crippen molar-refractivity contribution in [3.63, 3.8) is 0 Å². The normalized spacial score (nSPS) is 14.7. The van der Waals surface area contributed by atoms with Gasteiger partial charge < -0.3 is 20.1 Å². The van der Waals surface area contributed by atoms with E-state index in [9.17, 15) is 13.2 Å². The molecule has 3 aromatic rings. The van der Waals surface area contributed by atoms with Crippen LogP contribution in [0.4, 0.5) is 13.2 Å². The van der Waals surface area contributed by atoms with Gasteiger partial charge in [-0.25, -0.2) is 8.78 Å². The zero-order valence-corrected chi connectivity index (χ0v) is 18.8. The van der Waals surface area contributed by atoms with Gasteiger partial charge in [0, 0.05) is 35.3 Å². The first-order valence-corrected chi connectivity index (χ1v) is 11.3. The molecule has 180 valence electrons. The minimum absolute atomic E-state index is 0.0889. The molecule has 0 saturated carbocycles. The first-order valence-electron chi connectivity index (χ1n) is 11.3. The Morgan fingerprint density at radius 2 is 1.17 bits per heavy atom. The average molecular weight is 480 g/mol. The topological polar surface area (TPSA) is 67.2 Å². The third-order valence-electron chi connectivity index (χ3n) is 5.70.